The van der Waals surface area contributed by atoms with Gasteiger partial charge in [-0.05, 0) is 36.1 Å². The molecule has 1 aliphatic heterocycles. The first-order valence-electron chi connectivity index (χ1n) is 7.96. The molecule has 3 heteroatoms. The van der Waals surface area contributed by atoms with Crippen LogP contribution in [0.5, 0.6) is 0 Å². The zero-order valence-electron chi connectivity index (χ0n) is 12.7. The molecule has 0 aromatic heterocycles. The van der Waals surface area contributed by atoms with Crippen molar-refractivity contribution in [3.05, 3.63) is 60.2 Å². The highest BCUT2D eigenvalue weighted by atomic mass is 16.1. The van der Waals surface area contributed by atoms with E-state index < -0.39 is 0 Å². The Bertz CT molecular complexity index is 601. The number of nitrogens with one attached hydrogen (secondary N) is 2. The summed E-state index contributed by atoms with van der Waals surface area (Å²) in [5.74, 6) is 0.112. The van der Waals surface area contributed by atoms with E-state index in [-0.39, 0.29) is 11.9 Å². The number of amides is 1. The van der Waals surface area contributed by atoms with Crippen molar-refractivity contribution in [2.75, 3.05) is 13.1 Å². The molecular formula is C19H22N2O. The third-order valence-electron chi connectivity index (χ3n) is 4.09. The van der Waals surface area contributed by atoms with Crippen LogP contribution >= 0.6 is 0 Å². The summed E-state index contributed by atoms with van der Waals surface area (Å²) in [4.78, 5) is 12.1. The van der Waals surface area contributed by atoms with Crippen LogP contribution in [0.4, 0.5) is 0 Å². The lowest BCUT2D eigenvalue weighted by Crippen LogP contribution is -2.46. The molecule has 0 bridgehead atoms. The molecule has 1 amide bonds. The normalized spacial score (nSPS) is 17.9. The fourth-order valence-corrected chi connectivity index (χ4v) is 2.88. The molecule has 1 aliphatic rings. The largest absolute Gasteiger partial charge is 0.352 e. The van der Waals surface area contributed by atoms with Gasteiger partial charge in [-0.2, -0.15) is 0 Å². The topological polar surface area (TPSA) is 41.1 Å². The van der Waals surface area contributed by atoms with Crippen LogP contribution in [-0.2, 0) is 11.2 Å². The minimum absolute atomic E-state index is 0.112. The van der Waals surface area contributed by atoms with Crippen molar-refractivity contribution in [3.63, 3.8) is 0 Å². The summed E-state index contributed by atoms with van der Waals surface area (Å²) in [5, 5.41) is 6.43. The average molecular weight is 294 g/mol. The molecule has 114 valence electrons. The molecule has 1 saturated heterocycles. The van der Waals surface area contributed by atoms with Gasteiger partial charge in [0.25, 0.3) is 0 Å². The number of hydrogen-bond acceptors (Lipinski definition) is 2. The highest BCUT2D eigenvalue weighted by Gasteiger charge is 2.15. The van der Waals surface area contributed by atoms with Crippen LogP contribution in [0.3, 0.4) is 0 Å². The zero-order valence-corrected chi connectivity index (χ0v) is 12.7. The Labute approximate surface area is 131 Å². The van der Waals surface area contributed by atoms with Gasteiger partial charge in [-0.25, -0.2) is 0 Å². The first-order chi connectivity index (χ1) is 10.8. The predicted octanol–water partition coefficient (Wildman–Crippen LogP) is 2.76. The van der Waals surface area contributed by atoms with Crippen LogP contribution in [0, 0.1) is 0 Å². The van der Waals surface area contributed by atoms with Gasteiger partial charge < -0.3 is 10.6 Å². The molecule has 0 aliphatic carbocycles. The van der Waals surface area contributed by atoms with E-state index in [2.05, 4.69) is 34.9 Å². The summed E-state index contributed by atoms with van der Waals surface area (Å²) in [6.45, 7) is 1.95. The second-order valence-corrected chi connectivity index (χ2v) is 5.85. The molecule has 1 atom stereocenters. The van der Waals surface area contributed by atoms with E-state index >= 15 is 0 Å². The summed E-state index contributed by atoms with van der Waals surface area (Å²) >= 11 is 0. The highest BCUT2D eigenvalue weighted by molar-refractivity contribution is 5.79. The minimum Gasteiger partial charge on any atom is -0.352 e. The summed E-state index contributed by atoms with van der Waals surface area (Å²) < 4.78 is 0. The second-order valence-electron chi connectivity index (χ2n) is 5.85. The standard InChI is InChI=1S/C19H22N2O/c22-19(21-18-7-4-12-20-14-18)13-15-8-10-17(11-9-15)16-5-2-1-3-6-16/h1-3,5-6,8-11,18,20H,4,7,12-14H2,(H,21,22). The maximum atomic E-state index is 12.1. The van der Waals surface area contributed by atoms with Gasteiger partial charge in [-0.15, -0.1) is 0 Å². The summed E-state index contributed by atoms with van der Waals surface area (Å²) in [6.07, 6.45) is 2.66. The van der Waals surface area contributed by atoms with Crippen molar-refractivity contribution in [2.24, 2.45) is 0 Å². The van der Waals surface area contributed by atoms with Gasteiger partial charge in [-0.1, -0.05) is 54.6 Å². The van der Waals surface area contributed by atoms with Crippen molar-refractivity contribution in [3.8, 4) is 11.1 Å². The van der Waals surface area contributed by atoms with Crippen molar-refractivity contribution >= 4 is 5.91 Å². The monoisotopic (exact) mass is 294 g/mol. The van der Waals surface area contributed by atoms with Crippen LogP contribution in [-0.4, -0.2) is 25.0 Å². The third kappa shape index (κ3) is 3.95. The molecule has 1 heterocycles. The number of hydrogen-bond donors (Lipinski definition) is 2. The van der Waals surface area contributed by atoms with E-state index in [0.29, 0.717) is 6.42 Å². The van der Waals surface area contributed by atoms with Crippen LogP contribution < -0.4 is 10.6 Å². The van der Waals surface area contributed by atoms with E-state index in [1.165, 1.54) is 11.1 Å². The molecule has 0 radical (unpaired) electrons. The summed E-state index contributed by atoms with van der Waals surface area (Å²) in [5.41, 5.74) is 3.44. The van der Waals surface area contributed by atoms with Gasteiger partial charge in [0.05, 0.1) is 6.42 Å². The zero-order chi connectivity index (χ0) is 15.2. The Morgan fingerprint density at radius 2 is 1.77 bits per heavy atom. The van der Waals surface area contributed by atoms with Gasteiger partial charge in [0.2, 0.25) is 5.91 Å². The number of rotatable bonds is 4. The van der Waals surface area contributed by atoms with Crippen molar-refractivity contribution < 1.29 is 4.79 Å². The van der Waals surface area contributed by atoms with Crippen molar-refractivity contribution in [1.29, 1.82) is 0 Å². The highest BCUT2D eigenvalue weighted by Crippen LogP contribution is 2.19. The van der Waals surface area contributed by atoms with Gasteiger partial charge in [0.1, 0.15) is 0 Å². The summed E-state index contributed by atoms with van der Waals surface area (Å²) in [7, 11) is 0. The minimum atomic E-state index is 0.112. The molecule has 3 rings (SSSR count). The quantitative estimate of drug-likeness (QED) is 0.910. The lowest BCUT2D eigenvalue weighted by molar-refractivity contribution is -0.121. The second kappa shape index (κ2) is 7.23. The fraction of sp³-hybridized carbons (Fsp3) is 0.316. The third-order valence-corrected chi connectivity index (χ3v) is 4.09. The van der Waals surface area contributed by atoms with Crippen molar-refractivity contribution in [2.45, 2.75) is 25.3 Å². The average Bonchev–Trinajstić information content (AvgIpc) is 2.57. The Balaban J connectivity index is 1.57. The van der Waals surface area contributed by atoms with Crippen LogP contribution in [0.15, 0.2) is 54.6 Å². The Morgan fingerprint density at radius 3 is 2.45 bits per heavy atom. The lowest BCUT2D eigenvalue weighted by Gasteiger charge is -2.23. The molecule has 3 nitrogen and oxygen atoms in total. The van der Waals surface area contributed by atoms with E-state index in [0.717, 1.165) is 31.5 Å². The number of benzene rings is 2. The molecule has 2 N–H and O–H groups in total. The van der Waals surface area contributed by atoms with E-state index in [1.54, 1.807) is 0 Å². The van der Waals surface area contributed by atoms with Crippen LogP contribution in [0.1, 0.15) is 18.4 Å². The lowest BCUT2D eigenvalue weighted by atomic mass is 10.0. The number of carbonyl (C=O) groups is 1. The van der Waals surface area contributed by atoms with Gasteiger partial charge in [-0.3, -0.25) is 4.79 Å². The fourth-order valence-electron chi connectivity index (χ4n) is 2.88. The molecule has 1 unspecified atom stereocenters. The molecular weight excluding hydrogens is 272 g/mol. The Morgan fingerprint density at radius 1 is 1.05 bits per heavy atom. The Hall–Kier alpha value is -2.13. The first kappa shape index (κ1) is 14.8. The van der Waals surface area contributed by atoms with Gasteiger partial charge in [0, 0.05) is 12.6 Å². The first-order valence-corrected chi connectivity index (χ1v) is 7.96. The van der Waals surface area contributed by atoms with Crippen LogP contribution in [0.25, 0.3) is 11.1 Å². The molecule has 2 aromatic rings. The van der Waals surface area contributed by atoms with Crippen molar-refractivity contribution in [1.82, 2.24) is 10.6 Å². The maximum Gasteiger partial charge on any atom is 0.224 e. The molecule has 0 spiro atoms. The predicted molar refractivity (Wildman–Crippen MR) is 89.6 cm³/mol. The maximum absolute atomic E-state index is 12.1. The van der Waals surface area contributed by atoms with Crippen LogP contribution in [0.2, 0.25) is 0 Å². The summed E-state index contributed by atoms with van der Waals surface area (Å²) in [6, 6.07) is 18.8. The number of carbonyl (C=O) groups excluding carboxylic acids is 1. The molecule has 2 aromatic carbocycles. The van der Waals surface area contributed by atoms with Gasteiger partial charge in [0.15, 0.2) is 0 Å². The van der Waals surface area contributed by atoms with E-state index in [4.69, 9.17) is 0 Å². The Kier molecular flexibility index (Phi) is 4.86. The van der Waals surface area contributed by atoms with E-state index in [1.807, 2.05) is 30.3 Å². The van der Waals surface area contributed by atoms with E-state index in [9.17, 15) is 4.79 Å². The number of piperidine rings is 1. The smallest absolute Gasteiger partial charge is 0.224 e. The van der Waals surface area contributed by atoms with Gasteiger partial charge >= 0.3 is 0 Å². The molecule has 1 fully saturated rings. The molecule has 22 heavy (non-hydrogen) atoms. The molecule has 0 saturated carbocycles. The SMILES string of the molecule is O=C(Cc1ccc(-c2ccccc2)cc1)NC1CCCNC1.